The summed E-state index contributed by atoms with van der Waals surface area (Å²) in [5, 5.41) is 0.766. The van der Waals surface area contributed by atoms with Gasteiger partial charge in [-0.2, -0.15) is 4.99 Å². The summed E-state index contributed by atoms with van der Waals surface area (Å²) in [5.74, 6) is 0.730. The van der Waals surface area contributed by atoms with Crippen LogP contribution in [0.1, 0.15) is 11.1 Å². The maximum atomic E-state index is 13.0. The van der Waals surface area contributed by atoms with Gasteiger partial charge in [0.2, 0.25) is 0 Å². The lowest BCUT2D eigenvalue weighted by atomic mass is 10.1. The molecule has 1 fully saturated rings. The molecule has 0 saturated carbocycles. The van der Waals surface area contributed by atoms with Crippen molar-refractivity contribution in [2.75, 3.05) is 40.3 Å². The third-order valence-electron chi connectivity index (χ3n) is 5.19. The van der Waals surface area contributed by atoms with Crippen LogP contribution in [0, 0.1) is 5.82 Å². The Balaban J connectivity index is 1.44. The fourth-order valence-corrected chi connectivity index (χ4v) is 4.28. The number of thioether (sulfide) groups is 1. The molecule has 4 rings (SSSR count). The third-order valence-corrected chi connectivity index (χ3v) is 6.24. The monoisotopic (exact) mass is 441 g/mol. The molecule has 0 aromatic heterocycles. The number of halogens is 1. The van der Waals surface area contributed by atoms with Crippen molar-refractivity contribution < 1.29 is 18.7 Å². The summed E-state index contributed by atoms with van der Waals surface area (Å²) in [5.41, 5.74) is 1.65. The van der Waals surface area contributed by atoms with E-state index in [9.17, 15) is 9.18 Å². The van der Waals surface area contributed by atoms with Crippen LogP contribution in [-0.2, 0) is 11.4 Å². The minimum atomic E-state index is -0.276. The smallest absolute Gasteiger partial charge is 0.286 e. The Morgan fingerprint density at radius 2 is 1.87 bits per heavy atom. The highest BCUT2D eigenvalue weighted by Gasteiger charge is 2.28. The fraction of sp³-hybridized carbons (Fsp3) is 0.304. The van der Waals surface area contributed by atoms with Crippen LogP contribution in [0.2, 0.25) is 0 Å². The number of likely N-dealkylation sites (N-methyl/N-ethyl adjacent to an activating group) is 1. The average molecular weight is 442 g/mol. The number of carbonyl (C=O) groups is 1. The number of nitrogens with zero attached hydrogens (tertiary/aromatic N) is 3. The zero-order valence-corrected chi connectivity index (χ0v) is 18.3. The zero-order chi connectivity index (χ0) is 21.8. The Labute approximate surface area is 185 Å². The largest absolute Gasteiger partial charge is 0.496 e. The van der Waals surface area contributed by atoms with Crippen LogP contribution in [0.5, 0.6) is 11.5 Å². The van der Waals surface area contributed by atoms with Crippen molar-refractivity contribution in [1.29, 1.82) is 0 Å². The number of amidine groups is 1. The molecule has 0 aliphatic carbocycles. The molecule has 8 heteroatoms. The Kier molecular flexibility index (Phi) is 6.58. The van der Waals surface area contributed by atoms with Crippen LogP contribution >= 0.6 is 11.8 Å². The number of rotatable bonds is 5. The lowest BCUT2D eigenvalue weighted by Gasteiger charge is -2.32. The molecule has 6 nitrogen and oxygen atoms in total. The van der Waals surface area contributed by atoms with Gasteiger partial charge in [0.1, 0.15) is 23.9 Å². The van der Waals surface area contributed by atoms with Gasteiger partial charge in [0.25, 0.3) is 5.91 Å². The van der Waals surface area contributed by atoms with Gasteiger partial charge >= 0.3 is 0 Å². The number of methoxy groups -OCH3 is 1. The summed E-state index contributed by atoms with van der Waals surface area (Å²) < 4.78 is 24.3. The fourth-order valence-electron chi connectivity index (χ4n) is 3.32. The molecule has 2 aliphatic heterocycles. The lowest BCUT2D eigenvalue weighted by molar-refractivity contribution is -0.113. The second-order valence-corrected chi connectivity index (χ2v) is 8.43. The standard InChI is InChI=1S/C23H24FN3O3S/c1-26-9-11-27(12-10-26)23-25-22(28)21(31-23)13-17-5-8-19(14-20(17)29-2)30-15-16-3-6-18(24)7-4-16/h3-8,13-14H,9-12,15H2,1-2H3. The van der Waals surface area contributed by atoms with Gasteiger partial charge in [0.05, 0.1) is 12.0 Å². The van der Waals surface area contributed by atoms with Gasteiger partial charge in [-0.05, 0) is 54.7 Å². The summed E-state index contributed by atoms with van der Waals surface area (Å²) in [6.07, 6.45) is 1.81. The van der Waals surface area contributed by atoms with Crippen LogP contribution in [-0.4, -0.2) is 61.2 Å². The van der Waals surface area contributed by atoms with Crippen molar-refractivity contribution in [2.24, 2.45) is 4.99 Å². The van der Waals surface area contributed by atoms with Gasteiger partial charge in [-0.1, -0.05) is 12.1 Å². The first kappa shape index (κ1) is 21.4. The lowest BCUT2D eigenvalue weighted by Crippen LogP contribution is -2.46. The van der Waals surface area contributed by atoms with Crippen LogP contribution in [0.15, 0.2) is 52.4 Å². The molecule has 2 aromatic rings. The molecular formula is C23H24FN3O3S. The van der Waals surface area contributed by atoms with Gasteiger partial charge in [-0.25, -0.2) is 4.39 Å². The summed E-state index contributed by atoms with van der Waals surface area (Å²) in [4.78, 5) is 21.7. The second-order valence-electron chi connectivity index (χ2n) is 7.42. The molecule has 1 saturated heterocycles. The highest BCUT2D eigenvalue weighted by atomic mass is 32.2. The molecule has 0 N–H and O–H groups in total. The SMILES string of the molecule is COc1cc(OCc2ccc(F)cc2)ccc1C=C1SC(N2CCN(C)CC2)=NC1=O. The van der Waals surface area contributed by atoms with E-state index in [0.717, 1.165) is 42.5 Å². The van der Waals surface area contributed by atoms with Crippen molar-refractivity contribution in [3.8, 4) is 11.5 Å². The van der Waals surface area contributed by atoms with E-state index < -0.39 is 0 Å². The molecule has 0 radical (unpaired) electrons. The van der Waals surface area contributed by atoms with E-state index in [1.807, 2.05) is 18.2 Å². The molecule has 1 amide bonds. The highest BCUT2D eigenvalue weighted by molar-refractivity contribution is 8.18. The predicted molar refractivity (Wildman–Crippen MR) is 121 cm³/mol. The highest BCUT2D eigenvalue weighted by Crippen LogP contribution is 2.34. The van der Waals surface area contributed by atoms with E-state index in [1.165, 1.54) is 23.9 Å². The van der Waals surface area contributed by atoms with Crippen molar-refractivity contribution in [2.45, 2.75) is 6.61 Å². The van der Waals surface area contributed by atoms with Crippen molar-refractivity contribution >= 4 is 28.9 Å². The number of hydrogen-bond acceptors (Lipinski definition) is 6. The van der Waals surface area contributed by atoms with Gasteiger partial charge in [-0.15, -0.1) is 0 Å². The summed E-state index contributed by atoms with van der Waals surface area (Å²) >= 11 is 1.40. The first-order valence-electron chi connectivity index (χ1n) is 10.0. The average Bonchev–Trinajstić information content (AvgIpc) is 3.14. The Bertz CT molecular complexity index is 1020. The Hall–Kier alpha value is -2.84. The molecule has 0 atom stereocenters. The molecule has 0 unspecified atom stereocenters. The molecule has 2 aromatic carbocycles. The van der Waals surface area contributed by atoms with Crippen molar-refractivity contribution in [1.82, 2.24) is 9.80 Å². The van der Waals surface area contributed by atoms with Crippen molar-refractivity contribution in [3.63, 3.8) is 0 Å². The molecule has 0 spiro atoms. The maximum Gasteiger partial charge on any atom is 0.286 e. The van der Waals surface area contributed by atoms with E-state index in [1.54, 1.807) is 25.3 Å². The molecule has 31 heavy (non-hydrogen) atoms. The number of carbonyl (C=O) groups excluding carboxylic acids is 1. The Morgan fingerprint density at radius 1 is 1.13 bits per heavy atom. The van der Waals surface area contributed by atoms with Crippen LogP contribution < -0.4 is 9.47 Å². The van der Waals surface area contributed by atoms with E-state index in [-0.39, 0.29) is 11.7 Å². The number of aliphatic imine (C=N–C) groups is 1. The Morgan fingerprint density at radius 3 is 2.58 bits per heavy atom. The summed E-state index contributed by atoms with van der Waals surface area (Å²) in [6, 6.07) is 11.6. The van der Waals surface area contributed by atoms with Crippen LogP contribution in [0.25, 0.3) is 6.08 Å². The zero-order valence-electron chi connectivity index (χ0n) is 17.5. The molecule has 2 aliphatic rings. The van der Waals surface area contributed by atoms with E-state index in [0.29, 0.717) is 23.0 Å². The number of piperazine rings is 1. The quantitative estimate of drug-likeness (QED) is 0.661. The second kappa shape index (κ2) is 9.53. The van der Waals surface area contributed by atoms with Crippen LogP contribution in [0.4, 0.5) is 4.39 Å². The summed E-state index contributed by atoms with van der Waals surface area (Å²) in [6.45, 7) is 3.97. The van der Waals surface area contributed by atoms with Gasteiger partial charge in [0.15, 0.2) is 5.17 Å². The van der Waals surface area contributed by atoms with Gasteiger partial charge < -0.3 is 19.3 Å². The number of amides is 1. The van der Waals surface area contributed by atoms with Gasteiger partial charge in [-0.3, -0.25) is 4.79 Å². The van der Waals surface area contributed by atoms with Crippen LogP contribution in [0.3, 0.4) is 0 Å². The first-order valence-corrected chi connectivity index (χ1v) is 10.8. The maximum absolute atomic E-state index is 13.0. The molecular weight excluding hydrogens is 417 g/mol. The van der Waals surface area contributed by atoms with E-state index >= 15 is 0 Å². The minimum Gasteiger partial charge on any atom is -0.496 e. The summed E-state index contributed by atoms with van der Waals surface area (Å²) in [7, 11) is 3.67. The first-order chi connectivity index (χ1) is 15.0. The normalized spacial score (nSPS) is 18.4. The number of benzene rings is 2. The van der Waals surface area contributed by atoms with Crippen molar-refractivity contribution in [3.05, 3.63) is 64.3 Å². The topological polar surface area (TPSA) is 54.4 Å². The third kappa shape index (κ3) is 5.26. The number of ether oxygens (including phenoxy) is 2. The number of hydrogen-bond donors (Lipinski definition) is 0. The molecule has 0 bridgehead atoms. The van der Waals surface area contributed by atoms with E-state index in [4.69, 9.17) is 9.47 Å². The van der Waals surface area contributed by atoms with Gasteiger partial charge in [0, 0.05) is 37.8 Å². The minimum absolute atomic E-state index is 0.224. The predicted octanol–water partition coefficient (Wildman–Crippen LogP) is 3.63. The van der Waals surface area contributed by atoms with E-state index in [2.05, 4.69) is 21.8 Å². The molecule has 2 heterocycles. The molecule has 162 valence electrons.